The SMILES string of the molecule is COc1ccc(OC)c(C2CC2C(=O)NCC2(C(=O)O)CC2)c1. The molecule has 0 saturated heterocycles. The highest BCUT2D eigenvalue weighted by Crippen LogP contribution is 2.51. The van der Waals surface area contributed by atoms with Gasteiger partial charge in [0.2, 0.25) is 5.91 Å². The number of ether oxygens (including phenoxy) is 2. The molecule has 2 N–H and O–H groups in total. The van der Waals surface area contributed by atoms with Crippen LogP contribution in [-0.2, 0) is 9.59 Å². The van der Waals surface area contributed by atoms with Crippen molar-refractivity contribution in [3.8, 4) is 11.5 Å². The summed E-state index contributed by atoms with van der Waals surface area (Å²) < 4.78 is 10.6. The van der Waals surface area contributed by atoms with Gasteiger partial charge in [0.15, 0.2) is 0 Å². The molecule has 2 atom stereocenters. The van der Waals surface area contributed by atoms with Crippen molar-refractivity contribution in [2.24, 2.45) is 11.3 Å². The van der Waals surface area contributed by atoms with E-state index < -0.39 is 11.4 Å². The summed E-state index contributed by atoms with van der Waals surface area (Å²) >= 11 is 0. The van der Waals surface area contributed by atoms with Crippen molar-refractivity contribution in [2.75, 3.05) is 20.8 Å². The third kappa shape index (κ3) is 2.98. The Morgan fingerprint density at radius 3 is 2.61 bits per heavy atom. The molecule has 6 nitrogen and oxygen atoms in total. The molecule has 0 radical (unpaired) electrons. The van der Waals surface area contributed by atoms with Gasteiger partial charge in [0.05, 0.1) is 19.6 Å². The fourth-order valence-electron chi connectivity index (χ4n) is 2.96. The number of hydrogen-bond acceptors (Lipinski definition) is 4. The number of amides is 1. The van der Waals surface area contributed by atoms with E-state index in [0.29, 0.717) is 12.8 Å². The van der Waals surface area contributed by atoms with Gasteiger partial charge in [-0.2, -0.15) is 0 Å². The van der Waals surface area contributed by atoms with Crippen molar-refractivity contribution >= 4 is 11.9 Å². The third-order valence-electron chi connectivity index (χ3n) is 4.87. The van der Waals surface area contributed by atoms with Crippen LogP contribution in [0.25, 0.3) is 0 Å². The lowest BCUT2D eigenvalue weighted by Crippen LogP contribution is -2.35. The lowest BCUT2D eigenvalue weighted by atomic mass is 10.1. The van der Waals surface area contributed by atoms with Crippen molar-refractivity contribution in [1.29, 1.82) is 0 Å². The van der Waals surface area contributed by atoms with E-state index in [2.05, 4.69) is 5.32 Å². The molecule has 2 fully saturated rings. The van der Waals surface area contributed by atoms with Crippen LogP contribution in [0.1, 0.15) is 30.7 Å². The Hall–Kier alpha value is -2.24. The summed E-state index contributed by atoms with van der Waals surface area (Å²) in [5.74, 6) is 0.553. The molecule has 0 aromatic heterocycles. The summed E-state index contributed by atoms with van der Waals surface area (Å²) in [6, 6.07) is 5.56. The largest absolute Gasteiger partial charge is 0.497 e. The summed E-state index contributed by atoms with van der Waals surface area (Å²) in [6.45, 7) is 0.222. The number of carboxylic acids is 1. The number of aliphatic carboxylic acids is 1. The standard InChI is InChI=1S/C17H21NO5/c1-22-10-3-4-14(23-2)12(7-10)11-8-13(11)15(19)18-9-17(5-6-17)16(20)21/h3-4,7,11,13H,5-6,8-9H2,1-2H3,(H,18,19)(H,20,21). The van der Waals surface area contributed by atoms with Crippen LogP contribution in [0.2, 0.25) is 0 Å². The number of carbonyl (C=O) groups excluding carboxylic acids is 1. The van der Waals surface area contributed by atoms with E-state index >= 15 is 0 Å². The summed E-state index contributed by atoms with van der Waals surface area (Å²) in [5, 5.41) is 11.9. The molecule has 2 unspecified atom stereocenters. The molecule has 1 aromatic carbocycles. The third-order valence-corrected chi connectivity index (χ3v) is 4.87. The first-order valence-electron chi connectivity index (χ1n) is 7.74. The zero-order chi connectivity index (χ0) is 16.6. The van der Waals surface area contributed by atoms with Crippen molar-refractivity contribution in [2.45, 2.75) is 25.2 Å². The minimum atomic E-state index is -0.820. The van der Waals surface area contributed by atoms with Gasteiger partial charge in [0.25, 0.3) is 0 Å². The molecule has 3 rings (SSSR count). The van der Waals surface area contributed by atoms with E-state index in [9.17, 15) is 9.59 Å². The average Bonchev–Trinajstić information content (AvgIpc) is 3.46. The number of nitrogens with one attached hydrogen (secondary N) is 1. The van der Waals surface area contributed by atoms with Crippen LogP contribution in [0.5, 0.6) is 11.5 Å². The predicted molar refractivity (Wildman–Crippen MR) is 82.7 cm³/mol. The Morgan fingerprint density at radius 2 is 2.04 bits per heavy atom. The molecule has 23 heavy (non-hydrogen) atoms. The lowest BCUT2D eigenvalue weighted by molar-refractivity contribution is -0.143. The van der Waals surface area contributed by atoms with Crippen LogP contribution in [0.4, 0.5) is 0 Å². The molecule has 6 heteroatoms. The highest BCUT2D eigenvalue weighted by molar-refractivity contribution is 5.85. The second kappa shape index (κ2) is 5.76. The number of rotatable bonds is 7. The zero-order valence-corrected chi connectivity index (χ0v) is 13.3. The van der Waals surface area contributed by atoms with Gasteiger partial charge in [0.1, 0.15) is 11.5 Å². The van der Waals surface area contributed by atoms with Crippen molar-refractivity contribution in [3.05, 3.63) is 23.8 Å². The van der Waals surface area contributed by atoms with Gasteiger partial charge in [0, 0.05) is 23.9 Å². The monoisotopic (exact) mass is 319 g/mol. The van der Waals surface area contributed by atoms with Crippen molar-refractivity contribution in [1.82, 2.24) is 5.32 Å². The van der Waals surface area contributed by atoms with E-state index in [0.717, 1.165) is 23.5 Å². The number of hydrogen-bond donors (Lipinski definition) is 2. The highest BCUT2D eigenvalue weighted by Gasteiger charge is 2.52. The molecule has 2 aliphatic rings. The number of carbonyl (C=O) groups is 2. The summed E-state index contributed by atoms with van der Waals surface area (Å²) in [6.07, 6.45) is 2.02. The molecule has 2 saturated carbocycles. The van der Waals surface area contributed by atoms with Crippen LogP contribution in [-0.4, -0.2) is 37.7 Å². The topological polar surface area (TPSA) is 84.9 Å². The first kappa shape index (κ1) is 15.6. The molecule has 0 heterocycles. The average molecular weight is 319 g/mol. The molecule has 1 aromatic rings. The van der Waals surface area contributed by atoms with Crippen LogP contribution < -0.4 is 14.8 Å². The maximum absolute atomic E-state index is 12.3. The maximum Gasteiger partial charge on any atom is 0.311 e. The molecule has 124 valence electrons. The second-order valence-corrected chi connectivity index (χ2v) is 6.36. The summed E-state index contributed by atoms with van der Waals surface area (Å²) in [5.41, 5.74) is 0.236. The van der Waals surface area contributed by atoms with Gasteiger partial charge in [-0.1, -0.05) is 0 Å². The maximum atomic E-state index is 12.3. The Kier molecular flexibility index (Phi) is 3.92. The van der Waals surface area contributed by atoms with Crippen molar-refractivity contribution < 1.29 is 24.2 Å². The van der Waals surface area contributed by atoms with Gasteiger partial charge < -0.3 is 19.9 Å². The van der Waals surface area contributed by atoms with Gasteiger partial charge in [-0.3, -0.25) is 9.59 Å². The summed E-state index contributed by atoms with van der Waals surface area (Å²) in [7, 11) is 3.20. The molecular weight excluding hydrogens is 298 g/mol. The predicted octanol–water partition coefficient (Wildman–Crippen LogP) is 1.79. The minimum absolute atomic E-state index is 0.0765. The fraction of sp³-hybridized carbons (Fsp3) is 0.529. The molecule has 0 spiro atoms. The number of benzene rings is 1. The van der Waals surface area contributed by atoms with E-state index in [1.165, 1.54) is 0 Å². The van der Waals surface area contributed by atoms with Crippen LogP contribution in [0.15, 0.2) is 18.2 Å². The number of carboxylic acid groups (broad SMARTS) is 1. The second-order valence-electron chi connectivity index (χ2n) is 6.36. The summed E-state index contributed by atoms with van der Waals surface area (Å²) in [4.78, 5) is 23.4. The molecular formula is C17H21NO5. The fourth-order valence-corrected chi connectivity index (χ4v) is 2.96. The smallest absolute Gasteiger partial charge is 0.311 e. The Balaban J connectivity index is 1.63. The van der Waals surface area contributed by atoms with Gasteiger partial charge in [-0.15, -0.1) is 0 Å². The lowest BCUT2D eigenvalue weighted by Gasteiger charge is -2.12. The van der Waals surface area contributed by atoms with E-state index in [1.54, 1.807) is 14.2 Å². The molecule has 2 aliphatic carbocycles. The quantitative estimate of drug-likeness (QED) is 0.800. The molecule has 0 aliphatic heterocycles. The molecule has 0 bridgehead atoms. The Labute approximate surface area is 134 Å². The van der Waals surface area contributed by atoms with Crippen LogP contribution >= 0.6 is 0 Å². The van der Waals surface area contributed by atoms with E-state index in [-0.39, 0.29) is 24.3 Å². The van der Waals surface area contributed by atoms with E-state index in [4.69, 9.17) is 14.6 Å². The zero-order valence-electron chi connectivity index (χ0n) is 13.3. The Morgan fingerprint density at radius 1 is 1.30 bits per heavy atom. The molecule has 1 amide bonds. The van der Waals surface area contributed by atoms with Gasteiger partial charge in [-0.25, -0.2) is 0 Å². The highest BCUT2D eigenvalue weighted by atomic mass is 16.5. The van der Waals surface area contributed by atoms with E-state index in [1.807, 2.05) is 18.2 Å². The van der Waals surface area contributed by atoms with Crippen molar-refractivity contribution in [3.63, 3.8) is 0 Å². The normalized spacial score (nSPS) is 23.7. The van der Waals surface area contributed by atoms with Gasteiger partial charge >= 0.3 is 5.97 Å². The van der Waals surface area contributed by atoms with Crippen LogP contribution in [0.3, 0.4) is 0 Å². The number of methoxy groups -OCH3 is 2. The first-order chi connectivity index (χ1) is 11.0. The minimum Gasteiger partial charge on any atom is -0.497 e. The van der Waals surface area contributed by atoms with Gasteiger partial charge in [-0.05, 0) is 37.5 Å². The Bertz CT molecular complexity index is 638. The first-order valence-corrected chi connectivity index (χ1v) is 7.74. The van der Waals surface area contributed by atoms with Crippen LogP contribution in [0, 0.1) is 11.3 Å².